The monoisotopic (exact) mass is 535 g/mol. The molecule has 0 spiro atoms. The average Bonchev–Trinajstić information content (AvgIpc) is 2.99. The van der Waals surface area contributed by atoms with E-state index in [1.165, 1.54) is 18.2 Å². The molecule has 0 aliphatic heterocycles. The highest BCUT2D eigenvalue weighted by Crippen LogP contribution is 2.30. The Hall–Kier alpha value is -4.78. The van der Waals surface area contributed by atoms with Crippen LogP contribution in [0.4, 0.5) is 4.39 Å². The van der Waals surface area contributed by atoms with Gasteiger partial charge in [0.2, 0.25) is 0 Å². The van der Waals surface area contributed by atoms with Crippen LogP contribution in [0, 0.1) is 5.82 Å². The molecule has 1 amide bonds. The van der Waals surface area contributed by atoms with E-state index >= 15 is 0 Å². The number of halogens is 1. The van der Waals surface area contributed by atoms with E-state index in [4.69, 9.17) is 9.72 Å². The Morgan fingerprint density at radius 3 is 2.42 bits per heavy atom. The van der Waals surface area contributed by atoms with Crippen molar-refractivity contribution in [3.8, 4) is 11.4 Å². The van der Waals surface area contributed by atoms with Crippen molar-refractivity contribution >= 4 is 16.8 Å². The van der Waals surface area contributed by atoms with Crippen molar-refractivity contribution in [3.63, 3.8) is 0 Å². The number of hydrogen-bond acceptors (Lipinski definition) is 4. The highest BCUT2D eigenvalue weighted by Gasteiger charge is 2.30. The fraction of sp³-hybridized carbons (Fsp3) is 0.182. The Balaban J connectivity index is 1.71. The molecule has 202 valence electrons. The second-order valence-electron chi connectivity index (χ2n) is 9.47. The fourth-order valence-electron chi connectivity index (χ4n) is 5.04. The predicted octanol–water partition coefficient (Wildman–Crippen LogP) is 6.37. The van der Waals surface area contributed by atoms with Crippen LogP contribution in [-0.2, 0) is 6.42 Å². The first kappa shape index (κ1) is 26.8. The SMILES string of the molecule is CCC(c1nc2ccccc2c(=O)n1-c1ccccc1OC)N(CCc1ccccc1)C(=O)c1cccc(F)c1. The largest absolute Gasteiger partial charge is 0.495 e. The van der Waals surface area contributed by atoms with Crippen LogP contribution in [0.3, 0.4) is 0 Å². The molecule has 0 aliphatic carbocycles. The topological polar surface area (TPSA) is 64.4 Å². The smallest absolute Gasteiger partial charge is 0.266 e. The molecule has 0 radical (unpaired) electrons. The summed E-state index contributed by atoms with van der Waals surface area (Å²) in [4.78, 5) is 34.7. The van der Waals surface area contributed by atoms with Crippen LogP contribution < -0.4 is 10.3 Å². The lowest BCUT2D eigenvalue weighted by molar-refractivity contribution is 0.0661. The van der Waals surface area contributed by atoms with Crippen LogP contribution in [-0.4, -0.2) is 34.0 Å². The van der Waals surface area contributed by atoms with Gasteiger partial charge in [-0.25, -0.2) is 9.37 Å². The third-order valence-electron chi connectivity index (χ3n) is 7.01. The van der Waals surface area contributed by atoms with Gasteiger partial charge in [-0.3, -0.25) is 14.2 Å². The van der Waals surface area contributed by atoms with Crippen LogP contribution in [0.25, 0.3) is 16.6 Å². The maximum atomic E-state index is 14.2. The number of fused-ring (bicyclic) bond motifs is 1. The number of nitrogens with zero attached hydrogens (tertiary/aromatic N) is 3. The Labute approximate surface area is 232 Å². The molecule has 1 atom stereocenters. The Kier molecular flexibility index (Phi) is 8.01. The summed E-state index contributed by atoms with van der Waals surface area (Å²) >= 11 is 0. The summed E-state index contributed by atoms with van der Waals surface area (Å²) in [5, 5.41) is 0.458. The number of ether oxygens (including phenoxy) is 1. The summed E-state index contributed by atoms with van der Waals surface area (Å²) in [6.45, 7) is 2.29. The number of carbonyl (C=O) groups excluding carboxylic acids is 1. The number of aromatic nitrogens is 2. The van der Waals surface area contributed by atoms with Gasteiger partial charge in [-0.05, 0) is 60.9 Å². The molecule has 6 nitrogen and oxygen atoms in total. The molecule has 1 unspecified atom stereocenters. The Bertz CT molecular complexity index is 1700. The summed E-state index contributed by atoms with van der Waals surface area (Å²) in [7, 11) is 1.55. The summed E-state index contributed by atoms with van der Waals surface area (Å²) in [6.07, 6.45) is 1.04. The minimum atomic E-state index is -0.596. The van der Waals surface area contributed by atoms with E-state index in [0.29, 0.717) is 47.6 Å². The number of amides is 1. The second kappa shape index (κ2) is 11.9. The van der Waals surface area contributed by atoms with Gasteiger partial charge in [0.05, 0.1) is 29.7 Å². The molecule has 5 rings (SSSR count). The van der Waals surface area contributed by atoms with Crippen molar-refractivity contribution in [3.05, 3.63) is 136 Å². The van der Waals surface area contributed by atoms with Gasteiger partial charge in [0.1, 0.15) is 17.4 Å². The van der Waals surface area contributed by atoms with Crippen molar-refractivity contribution in [2.75, 3.05) is 13.7 Å². The molecular formula is C33H30FN3O3. The van der Waals surface area contributed by atoms with Gasteiger partial charge in [0, 0.05) is 12.1 Å². The summed E-state index contributed by atoms with van der Waals surface area (Å²) in [6, 6.07) is 29.4. The van der Waals surface area contributed by atoms with Crippen LogP contribution >= 0.6 is 0 Å². The summed E-state index contributed by atoms with van der Waals surface area (Å²) in [5.74, 6) is 0.0894. The first-order valence-corrected chi connectivity index (χ1v) is 13.3. The number of para-hydroxylation sites is 3. The van der Waals surface area contributed by atoms with Gasteiger partial charge in [0.25, 0.3) is 11.5 Å². The second-order valence-corrected chi connectivity index (χ2v) is 9.47. The average molecular weight is 536 g/mol. The zero-order valence-electron chi connectivity index (χ0n) is 22.5. The minimum absolute atomic E-state index is 0.235. The number of methoxy groups -OCH3 is 1. The van der Waals surface area contributed by atoms with Crippen molar-refractivity contribution in [1.82, 2.24) is 14.5 Å². The van der Waals surface area contributed by atoms with Crippen molar-refractivity contribution in [2.24, 2.45) is 0 Å². The zero-order chi connectivity index (χ0) is 28.1. The van der Waals surface area contributed by atoms with Gasteiger partial charge in [0.15, 0.2) is 0 Å². The zero-order valence-corrected chi connectivity index (χ0v) is 22.5. The van der Waals surface area contributed by atoms with Crippen LogP contribution in [0.2, 0.25) is 0 Å². The highest BCUT2D eigenvalue weighted by atomic mass is 19.1. The van der Waals surface area contributed by atoms with Gasteiger partial charge in [-0.1, -0.05) is 67.6 Å². The maximum Gasteiger partial charge on any atom is 0.266 e. The maximum absolute atomic E-state index is 14.2. The van der Waals surface area contributed by atoms with E-state index in [2.05, 4.69) is 0 Å². The molecule has 0 saturated heterocycles. The summed E-state index contributed by atoms with van der Waals surface area (Å²) < 4.78 is 21.4. The van der Waals surface area contributed by atoms with E-state index < -0.39 is 11.9 Å². The molecule has 0 aliphatic rings. The molecule has 0 bridgehead atoms. The van der Waals surface area contributed by atoms with Gasteiger partial charge in [-0.15, -0.1) is 0 Å². The van der Waals surface area contributed by atoms with Gasteiger partial charge >= 0.3 is 0 Å². The lowest BCUT2D eigenvalue weighted by Crippen LogP contribution is -2.39. The van der Waals surface area contributed by atoms with Crippen molar-refractivity contribution in [2.45, 2.75) is 25.8 Å². The molecule has 0 N–H and O–H groups in total. The molecule has 1 heterocycles. The normalized spacial score (nSPS) is 11.8. The number of carbonyl (C=O) groups is 1. The van der Waals surface area contributed by atoms with E-state index in [1.54, 1.807) is 53.0 Å². The molecule has 0 fully saturated rings. The van der Waals surface area contributed by atoms with E-state index in [1.807, 2.05) is 55.5 Å². The number of hydrogen-bond donors (Lipinski definition) is 0. The molecule has 4 aromatic carbocycles. The lowest BCUT2D eigenvalue weighted by Gasteiger charge is -2.33. The van der Waals surface area contributed by atoms with Crippen LogP contribution in [0.1, 0.15) is 41.1 Å². The first-order valence-electron chi connectivity index (χ1n) is 13.3. The summed E-state index contributed by atoms with van der Waals surface area (Å²) in [5.41, 5.74) is 2.10. The highest BCUT2D eigenvalue weighted by molar-refractivity contribution is 5.94. The van der Waals surface area contributed by atoms with Crippen molar-refractivity contribution < 1.29 is 13.9 Å². The third kappa shape index (κ3) is 5.36. The molecule has 0 saturated carbocycles. The third-order valence-corrected chi connectivity index (χ3v) is 7.01. The van der Waals surface area contributed by atoms with E-state index in [-0.39, 0.29) is 17.0 Å². The fourth-order valence-corrected chi connectivity index (χ4v) is 5.04. The predicted molar refractivity (Wildman–Crippen MR) is 155 cm³/mol. The number of rotatable bonds is 9. The van der Waals surface area contributed by atoms with E-state index in [0.717, 1.165) is 5.56 Å². The van der Waals surface area contributed by atoms with Crippen LogP contribution in [0.5, 0.6) is 5.75 Å². The first-order chi connectivity index (χ1) is 19.5. The Morgan fingerprint density at radius 2 is 1.68 bits per heavy atom. The molecular weight excluding hydrogens is 505 g/mol. The molecule has 40 heavy (non-hydrogen) atoms. The minimum Gasteiger partial charge on any atom is -0.495 e. The van der Waals surface area contributed by atoms with Gasteiger partial charge < -0.3 is 9.64 Å². The quantitative estimate of drug-likeness (QED) is 0.220. The van der Waals surface area contributed by atoms with Gasteiger partial charge in [-0.2, -0.15) is 0 Å². The molecule has 1 aromatic heterocycles. The van der Waals surface area contributed by atoms with E-state index in [9.17, 15) is 14.0 Å². The van der Waals surface area contributed by atoms with Crippen LogP contribution in [0.15, 0.2) is 108 Å². The standard InChI is InChI=1S/C33H30FN3O3/c1-3-28(36(21-20-23-12-5-4-6-13-23)32(38)24-14-11-15-25(34)22-24)31-35-27-17-8-7-16-26(27)33(39)37(31)29-18-9-10-19-30(29)40-2/h4-19,22,28H,3,20-21H2,1-2H3. The van der Waals surface area contributed by atoms with Crippen molar-refractivity contribution in [1.29, 1.82) is 0 Å². The Morgan fingerprint density at radius 1 is 0.950 bits per heavy atom. The molecule has 7 heteroatoms. The molecule has 5 aromatic rings. The lowest BCUT2D eigenvalue weighted by atomic mass is 10.1. The number of benzene rings is 4.